The fraction of sp³-hybridized carbons (Fsp3) is 0.429. The molecule has 0 saturated heterocycles. The smallest absolute Gasteiger partial charge is 0.203 e. The standard InChI is InChI=1S/C14H14ClFN2O4S/c1-7(23(19,20)11-6-14(2,3)22-17-11)12-9-4-8(16)5-10(15)13(9)21-18-12/h4-5,7H,6H2,1-3H3. The summed E-state index contributed by atoms with van der Waals surface area (Å²) in [6.45, 7) is 4.92. The van der Waals surface area contributed by atoms with Crippen LogP contribution in [0, 0.1) is 5.82 Å². The molecule has 1 atom stereocenters. The number of aromatic nitrogens is 1. The van der Waals surface area contributed by atoms with Crippen LogP contribution in [-0.2, 0) is 14.7 Å². The van der Waals surface area contributed by atoms with Gasteiger partial charge in [-0.2, -0.15) is 0 Å². The molecule has 1 aromatic heterocycles. The van der Waals surface area contributed by atoms with E-state index in [4.69, 9.17) is 21.0 Å². The van der Waals surface area contributed by atoms with E-state index in [2.05, 4.69) is 10.3 Å². The monoisotopic (exact) mass is 360 g/mol. The number of hydrogen-bond donors (Lipinski definition) is 0. The van der Waals surface area contributed by atoms with Crippen LogP contribution in [0.25, 0.3) is 11.0 Å². The van der Waals surface area contributed by atoms with Crippen molar-refractivity contribution in [3.8, 4) is 0 Å². The van der Waals surface area contributed by atoms with Gasteiger partial charge in [0.05, 0.1) is 10.4 Å². The van der Waals surface area contributed by atoms with Gasteiger partial charge < -0.3 is 9.36 Å². The van der Waals surface area contributed by atoms with Crippen molar-refractivity contribution in [2.45, 2.75) is 38.0 Å². The fourth-order valence-corrected chi connectivity index (χ4v) is 4.19. The van der Waals surface area contributed by atoms with Crippen molar-refractivity contribution in [3.63, 3.8) is 0 Å². The molecule has 1 aromatic carbocycles. The highest BCUT2D eigenvalue weighted by atomic mass is 35.5. The second-order valence-corrected chi connectivity index (χ2v) is 8.71. The van der Waals surface area contributed by atoms with E-state index in [0.29, 0.717) is 0 Å². The third-order valence-corrected chi connectivity index (χ3v) is 5.98. The minimum atomic E-state index is -3.81. The number of hydrogen-bond acceptors (Lipinski definition) is 6. The first-order chi connectivity index (χ1) is 10.6. The summed E-state index contributed by atoms with van der Waals surface area (Å²) in [6, 6.07) is 2.23. The molecule has 1 aliphatic heterocycles. The summed E-state index contributed by atoms with van der Waals surface area (Å²) in [7, 11) is -3.81. The molecule has 1 unspecified atom stereocenters. The Balaban J connectivity index is 2.06. The molecule has 9 heteroatoms. The van der Waals surface area contributed by atoms with Crippen LogP contribution in [0.1, 0.15) is 38.1 Å². The molecular weight excluding hydrogens is 347 g/mol. The molecular formula is C14H14ClFN2O4S. The van der Waals surface area contributed by atoms with E-state index >= 15 is 0 Å². The summed E-state index contributed by atoms with van der Waals surface area (Å²) in [5.74, 6) is -0.598. The number of nitrogens with zero attached hydrogens (tertiary/aromatic N) is 2. The zero-order valence-electron chi connectivity index (χ0n) is 12.6. The van der Waals surface area contributed by atoms with Crippen molar-refractivity contribution in [1.29, 1.82) is 0 Å². The second kappa shape index (κ2) is 5.17. The number of benzene rings is 1. The van der Waals surface area contributed by atoms with Gasteiger partial charge in [-0.25, -0.2) is 12.8 Å². The fourth-order valence-electron chi connectivity index (χ4n) is 2.39. The van der Waals surface area contributed by atoms with Crippen LogP contribution in [0.2, 0.25) is 5.02 Å². The molecule has 124 valence electrons. The molecule has 0 saturated carbocycles. The molecule has 6 nitrogen and oxygen atoms in total. The van der Waals surface area contributed by atoms with Crippen molar-refractivity contribution >= 4 is 37.5 Å². The normalized spacial score (nSPS) is 18.7. The molecule has 0 fully saturated rings. The molecule has 0 spiro atoms. The lowest BCUT2D eigenvalue weighted by molar-refractivity contribution is 0.0123. The van der Waals surface area contributed by atoms with Gasteiger partial charge in [0.1, 0.15) is 22.4 Å². The third-order valence-electron chi connectivity index (χ3n) is 3.67. The maximum Gasteiger partial charge on any atom is 0.203 e. The van der Waals surface area contributed by atoms with Gasteiger partial charge >= 0.3 is 0 Å². The Labute approximate surface area is 137 Å². The SMILES string of the molecule is CC(c1noc2c(Cl)cc(F)cc12)S(=O)(=O)C1=NOC(C)(C)C1. The lowest BCUT2D eigenvalue weighted by atomic mass is 10.1. The summed E-state index contributed by atoms with van der Waals surface area (Å²) in [6.07, 6.45) is 0.157. The van der Waals surface area contributed by atoms with Crippen LogP contribution in [0.3, 0.4) is 0 Å². The van der Waals surface area contributed by atoms with Gasteiger partial charge in [-0.1, -0.05) is 21.9 Å². The summed E-state index contributed by atoms with van der Waals surface area (Å²) in [5, 5.41) is 6.57. The second-order valence-electron chi connectivity index (χ2n) is 6.03. The van der Waals surface area contributed by atoms with Crippen molar-refractivity contribution in [1.82, 2.24) is 5.16 Å². The number of rotatable bonds is 2. The Hall–Kier alpha value is -1.67. The van der Waals surface area contributed by atoms with Gasteiger partial charge in [0.25, 0.3) is 0 Å². The van der Waals surface area contributed by atoms with Crippen LogP contribution in [0.4, 0.5) is 4.39 Å². The predicted octanol–water partition coefficient (Wildman–Crippen LogP) is 3.61. The number of halogens is 2. The minimum Gasteiger partial charge on any atom is -0.389 e. The first-order valence-corrected chi connectivity index (χ1v) is 8.77. The highest BCUT2D eigenvalue weighted by molar-refractivity contribution is 8.06. The largest absolute Gasteiger partial charge is 0.389 e. The molecule has 0 amide bonds. The highest BCUT2D eigenvalue weighted by Gasteiger charge is 2.40. The zero-order chi connectivity index (χ0) is 17.0. The van der Waals surface area contributed by atoms with Crippen molar-refractivity contribution in [2.24, 2.45) is 5.16 Å². The van der Waals surface area contributed by atoms with Crippen molar-refractivity contribution in [3.05, 3.63) is 28.7 Å². The first kappa shape index (κ1) is 16.2. The van der Waals surface area contributed by atoms with E-state index < -0.39 is 26.5 Å². The Bertz CT molecular complexity index is 920. The molecule has 3 rings (SSSR count). The summed E-state index contributed by atoms with van der Waals surface area (Å²) in [4.78, 5) is 5.12. The Morgan fingerprint density at radius 2 is 2.09 bits per heavy atom. The Morgan fingerprint density at radius 3 is 2.70 bits per heavy atom. The quantitative estimate of drug-likeness (QED) is 0.817. The molecule has 23 heavy (non-hydrogen) atoms. The van der Waals surface area contributed by atoms with Gasteiger partial charge in [0, 0.05) is 6.42 Å². The van der Waals surface area contributed by atoms with Gasteiger partial charge in [0.2, 0.25) is 9.84 Å². The number of oxime groups is 1. The van der Waals surface area contributed by atoms with Crippen LogP contribution in [0.5, 0.6) is 0 Å². The topological polar surface area (TPSA) is 81.8 Å². The van der Waals surface area contributed by atoms with Gasteiger partial charge in [-0.15, -0.1) is 0 Å². The summed E-state index contributed by atoms with van der Waals surface area (Å²) < 4.78 is 44.1. The zero-order valence-corrected chi connectivity index (χ0v) is 14.2. The minimum absolute atomic E-state index is 0.0334. The van der Waals surface area contributed by atoms with Gasteiger partial charge in [-0.05, 0) is 32.9 Å². The third kappa shape index (κ3) is 2.70. The lowest BCUT2D eigenvalue weighted by Crippen LogP contribution is -2.25. The van der Waals surface area contributed by atoms with Crippen LogP contribution >= 0.6 is 11.6 Å². The molecule has 0 radical (unpaired) electrons. The van der Waals surface area contributed by atoms with E-state index in [0.717, 1.165) is 12.1 Å². The van der Waals surface area contributed by atoms with Gasteiger partial charge in [0.15, 0.2) is 10.6 Å². The lowest BCUT2D eigenvalue weighted by Gasteiger charge is -2.14. The van der Waals surface area contributed by atoms with E-state index in [-0.39, 0.29) is 33.2 Å². The molecule has 2 aromatic rings. The summed E-state index contributed by atoms with van der Waals surface area (Å²) in [5.41, 5.74) is -0.437. The van der Waals surface area contributed by atoms with E-state index in [1.54, 1.807) is 13.8 Å². The molecule has 0 N–H and O–H groups in total. The van der Waals surface area contributed by atoms with E-state index in [1.807, 2.05) is 0 Å². The molecule has 0 aliphatic carbocycles. The van der Waals surface area contributed by atoms with Crippen LogP contribution in [-0.4, -0.2) is 24.2 Å². The van der Waals surface area contributed by atoms with E-state index in [1.165, 1.54) is 6.92 Å². The number of sulfone groups is 1. The van der Waals surface area contributed by atoms with Gasteiger partial charge in [-0.3, -0.25) is 0 Å². The Morgan fingerprint density at radius 1 is 1.39 bits per heavy atom. The summed E-state index contributed by atoms with van der Waals surface area (Å²) >= 11 is 5.89. The number of fused-ring (bicyclic) bond motifs is 1. The first-order valence-electron chi connectivity index (χ1n) is 6.85. The van der Waals surface area contributed by atoms with Crippen molar-refractivity contribution < 1.29 is 22.2 Å². The molecule has 2 heterocycles. The molecule has 0 bridgehead atoms. The van der Waals surface area contributed by atoms with E-state index in [9.17, 15) is 12.8 Å². The average Bonchev–Trinajstić information content (AvgIpc) is 3.01. The van der Waals surface area contributed by atoms with Crippen LogP contribution < -0.4 is 0 Å². The average molecular weight is 361 g/mol. The highest BCUT2D eigenvalue weighted by Crippen LogP contribution is 2.36. The maximum absolute atomic E-state index is 13.6. The predicted molar refractivity (Wildman–Crippen MR) is 83.5 cm³/mol. The van der Waals surface area contributed by atoms with Crippen LogP contribution in [0.15, 0.2) is 21.8 Å². The Kier molecular flexibility index (Phi) is 3.64. The maximum atomic E-state index is 13.6. The van der Waals surface area contributed by atoms with Crippen molar-refractivity contribution in [2.75, 3.05) is 0 Å². The molecule has 1 aliphatic rings.